The number of carboxylic acid groups (broad SMARTS) is 1. The van der Waals surface area contributed by atoms with Gasteiger partial charge in [0, 0.05) is 34.9 Å². The summed E-state index contributed by atoms with van der Waals surface area (Å²) in [6.45, 7) is 0.213. The van der Waals surface area contributed by atoms with E-state index in [2.05, 4.69) is 20.7 Å². The monoisotopic (exact) mass is 593 g/mol. The summed E-state index contributed by atoms with van der Waals surface area (Å²) in [5, 5.41) is 16.8. The summed E-state index contributed by atoms with van der Waals surface area (Å²) < 4.78 is 31.3. The van der Waals surface area contributed by atoms with Crippen LogP contribution >= 0.6 is 11.6 Å². The molecule has 2 aromatic carbocycles. The van der Waals surface area contributed by atoms with Gasteiger partial charge < -0.3 is 20.1 Å². The van der Waals surface area contributed by atoms with Crippen LogP contribution in [0.15, 0.2) is 42.5 Å². The Bertz CT molecular complexity index is 1440. The third-order valence-corrected chi connectivity index (χ3v) is 7.53. The standard InChI is InChI=1S/C25H28ClN5O8S/c1-40(37,38)27-11-9-20(29-21(32)15-3-6-17(7-4-15)28-23(34)35)22(33)31-12-2-10-25(14-31)18-13-16(26)5-8-19(18)30-24(36)39-25/h3-8,13,20,27-28H,2,9-12,14H2,1H3,(H,29,32)(H,30,36)(H,34,35)/t20-,25-/m0/s1. The van der Waals surface area contributed by atoms with Gasteiger partial charge in [0.1, 0.15) is 6.04 Å². The van der Waals surface area contributed by atoms with Crippen molar-refractivity contribution in [3.05, 3.63) is 58.6 Å². The molecule has 4 amide bonds. The van der Waals surface area contributed by atoms with Gasteiger partial charge in [-0.25, -0.2) is 22.7 Å². The van der Waals surface area contributed by atoms with Crippen LogP contribution in [-0.4, -0.2) is 74.4 Å². The van der Waals surface area contributed by atoms with Gasteiger partial charge in [0.15, 0.2) is 5.60 Å². The maximum Gasteiger partial charge on any atom is 0.412 e. The number of likely N-dealkylation sites (tertiary alicyclic amines) is 1. The van der Waals surface area contributed by atoms with Gasteiger partial charge in [0.2, 0.25) is 15.9 Å². The molecule has 2 atom stereocenters. The fourth-order valence-corrected chi connectivity index (χ4v) is 5.48. The number of rotatable bonds is 8. The van der Waals surface area contributed by atoms with Crippen LogP contribution in [0.1, 0.15) is 35.2 Å². The average Bonchev–Trinajstić information content (AvgIpc) is 2.87. The van der Waals surface area contributed by atoms with Crippen LogP contribution in [0.2, 0.25) is 5.02 Å². The van der Waals surface area contributed by atoms with Gasteiger partial charge in [-0.05, 0) is 61.7 Å². The molecule has 0 saturated carbocycles. The second-order valence-corrected chi connectivity index (χ2v) is 11.8. The number of piperidine rings is 1. The van der Waals surface area contributed by atoms with E-state index in [0.29, 0.717) is 35.7 Å². The molecule has 214 valence electrons. The molecule has 1 spiro atoms. The number of sulfonamides is 1. The van der Waals surface area contributed by atoms with E-state index < -0.39 is 45.7 Å². The first kappa shape index (κ1) is 29.1. The molecular weight excluding hydrogens is 566 g/mol. The predicted octanol–water partition coefficient (Wildman–Crippen LogP) is 2.55. The molecule has 15 heteroatoms. The molecule has 2 aliphatic heterocycles. The molecule has 40 heavy (non-hydrogen) atoms. The summed E-state index contributed by atoms with van der Waals surface area (Å²) in [4.78, 5) is 51.5. The quantitative estimate of drug-likeness (QED) is 0.309. The van der Waals surface area contributed by atoms with Crippen molar-refractivity contribution in [2.24, 2.45) is 0 Å². The van der Waals surface area contributed by atoms with Crippen molar-refractivity contribution in [1.82, 2.24) is 14.9 Å². The number of carbonyl (C=O) groups is 4. The number of nitrogens with zero attached hydrogens (tertiary/aromatic N) is 1. The summed E-state index contributed by atoms with van der Waals surface area (Å²) in [7, 11) is -3.55. The first-order valence-corrected chi connectivity index (χ1v) is 14.6. The molecular formula is C25H28ClN5O8S. The van der Waals surface area contributed by atoms with Crippen LogP contribution in [0.3, 0.4) is 0 Å². The zero-order valence-electron chi connectivity index (χ0n) is 21.4. The van der Waals surface area contributed by atoms with Crippen molar-refractivity contribution < 1.29 is 37.4 Å². The van der Waals surface area contributed by atoms with Gasteiger partial charge in [-0.3, -0.25) is 20.2 Å². The third kappa shape index (κ3) is 7.00. The lowest BCUT2D eigenvalue weighted by atomic mass is 9.83. The smallest absolute Gasteiger partial charge is 0.412 e. The van der Waals surface area contributed by atoms with Crippen LogP contribution < -0.4 is 20.7 Å². The second kappa shape index (κ2) is 11.7. The summed E-state index contributed by atoms with van der Waals surface area (Å²) in [6, 6.07) is 9.44. The van der Waals surface area contributed by atoms with Crippen molar-refractivity contribution in [1.29, 1.82) is 0 Å². The predicted molar refractivity (Wildman–Crippen MR) is 146 cm³/mol. The Morgan fingerprint density at radius 2 is 1.93 bits per heavy atom. The second-order valence-electron chi connectivity index (χ2n) is 9.55. The highest BCUT2D eigenvalue weighted by Gasteiger charge is 2.47. The molecule has 0 aliphatic carbocycles. The van der Waals surface area contributed by atoms with E-state index in [-0.39, 0.29) is 30.8 Å². The molecule has 1 fully saturated rings. The molecule has 2 heterocycles. The van der Waals surface area contributed by atoms with E-state index in [4.69, 9.17) is 21.4 Å². The minimum Gasteiger partial charge on any atom is -0.465 e. The van der Waals surface area contributed by atoms with Crippen LogP contribution in [0.4, 0.5) is 21.0 Å². The number of hydrogen-bond acceptors (Lipinski definition) is 7. The number of nitrogens with one attached hydrogen (secondary N) is 4. The normalized spacial score (nSPS) is 19.1. The van der Waals surface area contributed by atoms with Crippen LogP contribution in [0, 0.1) is 0 Å². The van der Waals surface area contributed by atoms with E-state index in [1.54, 1.807) is 18.2 Å². The molecule has 4 rings (SSSR count). The molecule has 5 N–H and O–H groups in total. The molecule has 2 aromatic rings. The van der Waals surface area contributed by atoms with Gasteiger partial charge in [0.25, 0.3) is 5.91 Å². The number of anilines is 2. The van der Waals surface area contributed by atoms with Crippen molar-refractivity contribution in [3.8, 4) is 0 Å². The highest BCUT2D eigenvalue weighted by Crippen LogP contribution is 2.43. The van der Waals surface area contributed by atoms with E-state index in [9.17, 15) is 27.6 Å². The highest BCUT2D eigenvalue weighted by molar-refractivity contribution is 7.88. The van der Waals surface area contributed by atoms with Gasteiger partial charge in [-0.2, -0.15) is 0 Å². The van der Waals surface area contributed by atoms with Crippen LogP contribution in [0.25, 0.3) is 0 Å². The zero-order valence-corrected chi connectivity index (χ0v) is 23.0. The van der Waals surface area contributed by atoms with E-state index in [1.807, 2.05) is 0 Å². The summed E-state index contributed by atoms with van der Waals surface area (Å²) in [6.07, 6.45) is -0.0511. The van der Waals surface area contributed by atoms with Crippen molar-refractivity contribution in [2.45, 2.75) is 30.9 Å². The Morgan fingerprint density at radius 1 is 1.20 bits per heavy atom. The first-order chi connectivity index (χ1) is 18.8. The fraction of sp³-hybridized carbons (Fsp3) is 0.360. The van der Waals surface area contributed by atoms with E-state index >= 15 is 0 Å². The minimum atomic E-state index is -3.55. The lowest BCUT2D eigenvalue weighted by Crippen LogP contribution is -2.57. The van der Waals surface area contributed by atoms with Crippen LogP contribution in [-0.2, 0) is 25.2 Å². The van der Waals surface area contributed by atoms with E-state index in [0.717, 1.165) is 6.26 Å². The Morgan fingerprint density at radius 3 is 2.60 bits per heavy atom. The van der Waals surface area contributed by atoms with Crippen molar-refractivity contribution in [2.75, 3.05) is 36.5 Å². The summed E-state index contributed by atoms with van der Waals surface area (Å²) in [5.74, 6) is -1.10. The van der Waals surface area contributed by atoms with Crippen molar-refractivity contribution in [3.63, 3.8) is 0 Å². The van der Waals surface area contributed by atoms with Gasteiger partial charge in [0.05, 0.1) is 18.5 Å². The Labute approximate surface area is 235 Å². The highest BCUT2D eigenvalue weighted by atomic mass is 35.5. The lowest BCUT2D eigenvalue weighted by molar-refractivity contribution is -0.141. The molecule has 0 aromatic heterocycles. The largest absolute Gasteiger partial charge is 0.465 e. The number of hydrogen-bond donors (Lipinski definition) is 5. The maximum absolute atomic E-state index is 13.8. The maximum atomic E-state index is 13.8. The number of carbonyl (C=O) groups excluding carboxylic acids is 3. The molecule has 0 unspecified atom stereocenters. The topological polar surface area (TPSA) is 183 Å². The summed E-state index contributed by atoms with van der Waals surface area (Å²) >= 11 is 6.22. The molecule has 13 nitrogen and oxygen atoms in total. The molecule has 0 bridgehead atoms. The molecule has 1 saturated heterocycles. The number of ether oxygens (including phenoxy) is 1. The SMILES string of the molecule is CS(=O)(=O)NCC[C@H](NC(=O)c1ccc(NC(=O)O)cc1)C(=O)N1CCC[C@@]2(C1)OC(=O)Nc1ccc(Cl)cc12. The average molecular weight is 594 g/mol. The number of benzene rings is 2. The third-order valence-electron chi connectivity index (χ3n) is 6.56. The Hall–Kier alpha value is -3.88. The first-order valence-electron chi connectivity index (χ1n) is 12.3. The van der Waals surface area contributed by atoms with Crippen LogP contribution in [0.5, 0.6) is 0 Å². The van der Waals surface area contributed by atoms with Gasteiger partial charge in [-0.15, -0.1) is 0 Å². The molecule has 2 aliphatic rings. The fourth-order valence-electron chi connectivity index (χ4n) is 4.82. The Kier molecular flexibility index (Phi) is 8.51. The number of halogens is 1. The molecule has 0 radical (unpaired) electrons. The Balaban J connectivity index is 1.56. The zero-order chi connectivity index (χ0) is 29.1. The minimum absolute atomic E-state index is 0.00796. The number of amides is 4. The van der Waals surface area contributed by atoms with Crippen molar-refractivity contribution >= 4 is 57.0 Å². The summed E-state index contributed by atoms with van der Waals surface area (Å²) in [5.41, 5.74) is 0.424. The van der Waals surface area contributed by atoms with E-state index in [1.165, 1.54) is 29.2 Å². The van der Waals surface area contributed by atoms with Gasteiger partial charge >= 0.3 is 12.2 Å². The van der Waals surface area contributed by atoms with Gasteiger partial charge in [-0.1, -0.05) is 11.6 Å². The number of fused-ring (bicyclic) bond motifs is 2. The lowest BCUT2D eigenvalue weighted by Gasteiger charge is -2.45.